The van der Waals surface area contributed by atoms with E-state index in [1.54, 1.807) is 42.3 Å². The fraction of sp³-hybridized carbons (Fsp3) is 0.192. The Bertz CT molecular complexity index is 1180. The highest BCUT2D eigenvalue weighted by Crippen LogP contribution is 2.31. The third kappa shape index (κ3) is 3.75. The van der Waals surface area contributed by atoms with Crippen LogP contribution in [0.5, 0.6) is 5.75 Å². The smallest absolute Gasteiger partial charge is 0.261 e. The Morgan fingerprint density at radius 1 is 0.906 bits per heavy atom. The first-order valence-electron chi connectivity index (χ1n) is 10.4. The quantitative estimate of drug-likeness (QED) is 0.551. The summed E-state index contributed by atoms with van der Waals surface area (Å²) in [5.74, 6) is -0.356. The maximum absolute atomic E-state index is 13.6. The Labute approximate surface area is 187 Å². The van der Waals surface area contributed by atoms with Crippen LogP contribution in [0.4, 0.5) is 5.69 Å². The zero-order valence-electron chi connectivity index (χ0n) is 18.3. The second-order valence-corrected chi connectivity index (χ2v) is 7.75. The van der Waals surface area contributed by atoms with Crippen LogP contribution >= 0.6 is 0 Å². The zero-order chi connectivity index (χ0) is 22.8. The van der Waals surface area contributed by atoms with Crippen molar-refractivity contribution < 1.29 is 19.1 Å². The van der Waals surface area contributed by atoms with Gasteiger partial charge >= 0.3 is 0 Å². The van der Waals surface area contributed by atoms with E-state index in [1.165, 1.54) is 4.90 Å². The molecule has 0 N–H and O–H groups in total. The molecule has 0 bridgehead atoms. The van der Waals surface area contributed by atoms with Gasteiger partial charge in [0.15, 0.2) is 0 Å². The second kappa shape index (κ2) is 8.67. The Morgan fingerprint density at radius 2 is 1.53 bits per heavy atom. The van der Waals surface area contributed by atoms with E-state index in [1.807, 2.05) is 50.2 Å². The van der Waals surface area contributed by atoms with Crippen LogP contribution in [-0.2, 0) is 0 Å². The third-order valence-electron chi connectivity index (χ3n) is 5.67. The van der Waals surface area contributed by atoms with Crippen LogP contribution in [0.3, 0.4) is 0 Å². The number of rotatable bonds is 6. The number of ether oxygens (including phenoxy) is 1. The van der Waals surface area contributed by atoms with Gasteiger partial charge in [0.25, 0.3) is 17.7 Å². The minimum Gasteiger partial charge on any atom is -0.495 e. The van der Waals surface area contributed by atoms with Crippen LogP contribution in [-0.4, -0.2) is 42.8 Å². The first-order chi connectivity index (χ1) is 15.4. The highest BCUT2D eigenvalue weighted by atomic mass is 16.5. The molecule has 3 aromatic rings. The molecule has 0 aliphatic carbocycles. The Kier molecular flexibility index (Phi) is 5.77. The summed E-state index contributed by atoms with van der Waals surface area (Å²) in [6.45, 7) is 4.03. The number of carbonyl (C=O) groups is 3. The van der Waals surface area contributed by atoms with Crippen LogP contribution in [0.25, 0.3) is 0 Å². The molecule has 3 amide bonds. The molecule has 0 spiro atoms. The number of benzene rings is 3. The molecular formula is C26H24N2O4. The van der Waals surface area contributed by atoms with E-state index >= 15 is 0 Å². The van der Waals surface area contributed by atoms with Gasteiger partial charge in [-0.25, -0.2) is 0 Å². The van der Waals surface area contributed by atoms with Crippen molar-refractivity contribution in [3.8, 4) is 5.75 Å². The lowest BCUT2D eigenvalue weighted by Gasteiger charge is -2.27. The lowest BCUT2D eigenvalue weighted by molar-refractivity contribution is 0.0654. The Morgan fingerprint density at radius 3 is 2.16 bits per heavy atom. The van der Waals surface area contributed by atoms with Gasteiger partial charge in [-0.1, -0.05) is 36.4 Å². The number of anilines is 1. The zero-order valence-corrected chi connectivity index (χ0v) is 18.3. The molecule has 162 valence electrons. The van der Waals surface area contributed by atoms with Gasteiger partial charge in [-0.3, -0.25) is 19.3 Å². The summed E-state index contributed by atoms with van der Waals surface area (Å²) in [4.78, 5) is 41.9. The van der Waals surface area contributed by atoms with Crippen molar-refractivity contribution in [2.45, 2.75) is 13.8 Å². The van der Waals surface area contributed by atoms with Crippen molar-refractivity contribution in [1.82, 2.24) is 4.90 Å². The van der Waals surface area contributed by atoms with Crippen molar-refractivity contribution in [1.29, 1.82) is 0 Å². The van der Waals surface area contributed by atoms with Crippen LogP contribution < -0.4 is 9.64 Å². The van der Waals surface area contributed by atoms with E-state index < -0.39 is 0 Å². The van der Waals surface area contributed by atoms with E-state index in [2.05, 4.69) is 0 Å². The molecule has 1 aliphatic heterocycles. The molecule has 0 fully saturated rings. The largest absolute Gasteiger partial charge is 0.495 e. The first-order valence-corrected chi connectivity index (χ1v) is 10.4. The normalized spacial score (nSPS) is 12.7. The lowest BCUT2D eigenvalue weighted by Crippen LogP contribution is -2.41. The summed E-state index contributed by atoms with van der Waals surface area (Å²) < 4.78 is 5.55. The minimum absolute atomic E-state index is 0.0704. The molecular weight excluding hydrogens is 404 g/mol. The summed E-state index contributed by atoms with van der Waals surface area (Å²) in [7, 11) is 1.55. The molecule has 0 atom stereocenters. The van der Waals surface area contributed by atoms with Crippen LogP contribution in [0.15, 0.2) is 66.7 Å². The van der Waals surface area contributed by atoms with Gasteiger partial charge in [-0.2, -0.15) is 0 Å². The minimum atomic E-state index is -0.343. The number of amides is 3. The lowest BCUT2D eigenvalue weighted by atomic mass is 10.1. The molecule has 1 heterocycles. The van der Waals surface area contributed by atoms with Crippen LogP contribution in [0, 0.1) is 13.8 Å². The van der Waals surface area contributed by atoms with Crippen molar-refractivity contribution >= 4 is 23.4 Å². The molecule has 6 heteroatoms. The summed E-state index contributed by atoms with van der Waals surface area (Å²) in [5.41, 5.74) is 3.76. The number of hydrogen-bond donors (Lipinski definition) is 0. The number of fused-ring (bicyclic) bond motifs is 1. The molecule has 3 aromatic carbocycles. The average molecular weight is 428 g/mol. The van der Waals surface area contributed by atoms with Crippen molar-refractivity contribution in [2.24, 2.45) is 0 Å². The number of aryl methyl sites for hydroxylation is 2. The highest BCUT2D eigenvalue weighted by molar-refractivity contribution is 6.21. The summed E-state index contributed by atoms with van der Waals surface area (Å²) in [6.07, 6.45) is 0. The molecule has 1 aliphatic rings. The maximum Gasteiger partial charge on any atom is 0.261 e. The Balaban J connectivity index is 1.68. The summed E-state index contributed by atoms with van der Waals surface area (Å²) in [5, 5.41) is 0. The monoisotopic (exact) mass is 428 g/mol. The van der Waals surface area contributed by atoms with Gasteiger partial charge < -0.3 is 9.64 Å². The van der Waals surface area contributed by atoms with Crippen LogP contribution in [0.2, 0.25) is 0 Å². The molecule has 0 saturated carbocycles. The fourth-order valence-electron chi connectivity index (χ4n) is 3.94. The number of hydrogen-bond acceptors (Lipinski definition) is 4. The van der Waals surface area contributed by atoms with Gasteiger partial charge in [-0.15, -0.1) is 0 Å². The van der Waals surface area contributed by atoms with Crippen molar-refractivity contribution in [2.75, 3.05) is 25.1 Å². The Hall–Kier alpha value is -3.93. The number of imide groups is 1. The number of nitrogens with zero attached hydrogens (tertiary/aromatic N) is 2. The number of carbonyl (C=O) groups excluding carboxylic acids is 3. The van der Waals surface area contributed by atoms with Gasteiger partial charge in [0.2, 0.25) is 0 Å². The molecule has 0 radical (unpaired) electrons. The highest BCUT2D eigenvalue weighted by Gasteiger charge is 2.35. The average Bonchev–Trinajstić information content (AvgIpc) is 3.05. The topological polar surface area (TPSA) is 66.9 Å². The van der Waals surface area contributed by atoms with Crippen molar-refractivity contribution in [3.63, 3.8) is 0 Å². The van der Waals surface area contributed by atoms with E-state index in [4.69, 9.17) is 4.74 Å². The van der Waals surface area contributed by atoms with Crippen molar-refractivity contribution in [3.05, 3.63) is 94.5 Å². The van der Waals surface area contributed by atoms with Gasteiger partial charge in [0.05, 0.1) is 23.9 Å². The molecule has 0 aromatic heterocycles. The predicted octanol–water partition coefficient (Wildman–Crippen LogP) is 4.26. The molecule has 32 heavy (non-hydrogen) atoms. The molecule has 4 rings (SSSR count). The molecule has 6 nitrogen and oxygen atoms in total. The molecule has 0 unspecified atom stereocenters. The third-order valence-corrected chi connectivity index (χ3v) is 5.67. The maximum atomic E-state index is 13.6. The fourth-order valence-corrected chi connectivity index (χ4v) is 3.94. The van der Waals surface area contributed by atoms with Gasteiger partial charge in [-0.05, 0) is 55.3 Å². The van der Waals surface area contributed by atoms with E-state index in [0.717, 1.165) is 11.1 Å². The summed E-state index contributed by atoms with van der Waals surface area (Å²) in [6, 6.07) is 19.7. The van der Waals surface area contributed by atoms with E-state index in [9.17, 15) is 14.4 Å². The predicted molar refractivity (Wildman–Crippen MR) is 122 cm³/mol. The second-order valence-electron chi connectivity index (χ2n) is 7.75. The summed E-state index contributed by atoms with van der Waals surface area (Å²) >= 11 is 0. The van der Waals surface area contributed by atoms with Gasteiger partial charge in [0, 0.05) is 18.7 Å². The van der Waals surface area contributed by atoms with Crippen LogP contribution in [0.1, 0.15) is 42.2 Å². The van der Waals surface area contributed by atoms with E-state index in [0.29, 0.717) is 28.1 Å². The standard InChI is InChI=1S/C26H24N2O4/c1-17-12-13-22(23(16-17)32-3)27(24(29)19-9-5-4-8-18(19)2)14-15-28-25(30)20-10-6-7-11-21(20)26(28)31/h4-13,16H,14-15H2,1-3H3. The van der Waals surface area contributed by atoms with Gasteiger partial charge in [0.1, 0.15) is 5.75 Å². The molecule has 0 saturated heterocycles. The van der Waals surface area contributed by atoms with E-state index in [-0.39, 0.29) is 30.8 Å². The SMILES string of the molecule is COc1cc(C)ccc1N(CCN1C(=O)c2ccccc2C1=O)C(=O)c1ccccc1C. The first kappa shape index (κ1) is 21.3. The number of methoxy groups -OCH3 is 1.